The lowest BCUT2D eigenvalue weighted by Gasteiger charge is -2.18. The summed E-state index contributed by atoms with van der Waals surface area (Å²) in [5.74, 6) is 0.377. The summed E-state index contributed by atoms with van der Waals surface area (Å²) in [6.07, 6.45) is 1.58. The highest BCUT2D eigenvalue weighted by molar-refractivity contribution is 5.83. The molecule has 1 N–H and O–H groups in total. The second-order valence-electron chi connectivity index (χ2n) is 3.61. The number of rotatable bonds is 3. The van der Waals surface area contributed by atoms with Gasteiger partial charge in [-0.05, 0) is 19.1 Å². The summed E-state index contributed by atoms with van der Waals surface area (Å²) in [6, 6.07) is 4.95. The lowest BCUT2D eigenvalue weighted by atomic mass is 10.2. The van der Waals surface area contributed by atoms with Crippen LogP contribution in [0.2, 0.25) is 0 Å². The molecule has 0 aliphatic carbocycles. The van der Waals surface area contributed by atoms with Crippen LogP contribution in [0.3, 0.4) is 0 Å². The van der Waals surface area contributed by atoms with Crippen molar-refractivity contribution < 1.29 is 4.79 Å². The molecule has 0 aliphatic rings. The van der Waals surface area contributed by atoms with Crippen LogP contribution in [-0.4, -0.2) is 35.9 Å². The van der Waals surface area contributed by atoms with Crippen molar-refractivity contribution in [2.45, 2.75) is 13.0 Å². The third-order valence-electron chi connectivity index (χ3n) is 2.09. The maximum Gasteiger partial charge on any atom is 0.244 e. The summed E-state index contributed by atoms with van der Waals surface area (Å²) >= 11 is 0. The third-order valence-corrected chi connectivity index (χ3v) is 2.09. The van der Waals surface area contributed by atoms with Crippen molar-refractivity contribution in [2.24, 2.45) is 0 Å². The van der Waals surface area contributed by atoms with Gasteiger partial charge in [0.15, 0.2) is 0 Å². The fourth-order valence-electron chi connectivity index (χ4n) is 1.26. The monoisotopic (exact) mass is 218 g/mol. The zero-order valence-electron chi connectivity index (χ0n) is 9.56. The second-order valence-corrected chi connectivity index (χ2v) is 3.61. The number of nitrogens with one attached hydrogen (secondary N) is 1. The predicted molar refractivity (Wildman–Crippen MR) is 60.7 cm³/mol. The van der Waals surface area contributed by atoms with E-state index in [1.165, 1.54) is 4.90 Å². The molecule has 1 rings (SSSR count). The molecule has 1 atom stereocenters. The van der Waals surface area contributed by atoms with E-state index in [-0.39, 0.29) is 5.91 Å². The van der Waals surface area contributed by atoms with E-state index in [4.69, 9.17) is 5.26 Å². The first-order valence-electron chi connectivity index (χ1n) is 4.89. The molecular weight excluding hydrogens is 204 g/mol. The van der Waals surface area contributed by atoms with Crippen molar-refractivity contribution in [1.29, 1.82) is 5.26 Å². The van der Waals surface area contributed by atoms with Crippen molar-refractivity contribution in [1.82, 2.24) is 9.88 Å². The van der Waals surface area contributed by atoms with E-state index in [1.54, 1.807) is 39.3 Å². The molecule has 0 unspecified atom stereocenters. The number of nitrogens with zero attached hydrogens (tertiary/aromatic N) is 3. The number of nitriles is 1. The Morgan fingerprint density at radius 3 is 2.88 bits per heavy atom. The minimum atomic E-state index is -0.406. The summed E-state index contributed by atoms with van der Waals surface area (Å²) < 4.78 is 0. The SMILES string of the molecule is C[C@H](Nc1ncccc1C#N)C(=O)N(C)C. The highest BCUT2D eigenvalue weighted by atomic mass is 16.2. The average Bonchev–Trinajstić information content (AvgIpc) is 2.28. The molecule has 16 heavy (non-hydrogen) atoms. The second kappa shape index (κ2) is 5.12. The first-order chi connectivity index (χ1) is 7.56. The Hall–Kier alpha value is -2.09. The molecule has 0 aliphatic heterocycles. The Morgan fingerprint density at radius 2 is 2.31 bits per heavy atom. The number of carbonyl (C=O) groups is 1. The lowest BCUT2D eigenvalue weighted by Crippen LogP contribution is -2.37. The molecule has 84 valence electrons. The van der Waals surface area contributed by atoms with Gasteiger partial charge in [-0.1, -0.05) is 0 Å². The molecule has 0 saturated carbocycles. The zero-order valence-corrected chi connectivity index (χ0v) is 9.56. The quantitative estimate of drug-likeness (QED) is 0.816. The molecule has 5 nitrogen and oxygen atoms in total. The summed E-state index contributed by atoms with van der Waals surface area (Å²) in [6.45, 7) is 1.73. The Kier molecular flexibility index (Phi) is 3.84. The third kappa shape index (κ3) is 2.70. The topological polar surface area (TPSA) is 69.0 Å². The lowest BCUT2D eigenvalue weighted by molar-refractivity contribution is -0.129. The Labute approximate surface area is 94.7 Å². The van der Waals surface area contributed by atoms with Crippen LogP contribution >= 0.6 is 0 Å². The molecule has 0 bridgehead atoms. The Balaban J connectivity index is 2.81. The van der Waals surface area contributed by atoms with Crippen molar-refractivity contribution in [3.8, 4) is 6.07 Å². The predicted octanol–water partition coefficient (Wildman–Crippen LogP) is 0.842. The van der Waals surface area contributed by atoms with E-state index in [0.29, 0.717) is 11.4 Å². The van der Waals surface area contributed by atoms with Crippen molar-refractivity contribution in [3.63, 3.8) is 0 Å². The molecule has 0 spiro atoms. The van der Waals surface area contributed by atoms with Crippen LogP contribution in [0.15, 0.2) is 18.3 Å². The fourth-order valence-corrected chi connectivity index (χ4v) is 1.26. The van der Waals surface area contributed by atoms with Gasteiger partial charge in [-0.2, -0.15) is 5.26 Å². The summed E-state index contributed by atoms with van der Waals surface area (Å²) in [4.78, 5) is 17.1. The summed E-state index contributed by atoms with van der Waals surface area (Å²) in [5.41, 5.74) is 0.431. The Morgan fingerprint density at radius 1 is 1.62 bits per heavy atom. The van der Waals surface area contributed by atoms with Crippen LogP contribution in [0, 0.1) is 11.3 Å². The van der Waals surface area contributed by atoms with E-state index in [1.807, 2.05) is 6.07 Å². The maximum atomic E-state index is 11.6. The van der Waals surface area contributed by atoms with Gasteiger partial charge >= 0.3 is 0 Å². The normalized spacial score (nSPS) is 11.4. The molecule has 1 amide bonds. The number of pyridine rings is 1. The minimum Gasteiger partial charge on any atom is -0.358 e. The van der Waals surface area contributed by atoms with Gasteiger partial charge in [-0.25, -0.2) is 4.98 Å². The molecule has 1 aromatic heterocycles. The highest BCUT2D eigenvalue weighted by Gasteiger charge is 2.16. The largest absolute Gasteiger partial charge is 0.358 e. The number of hydrogen-bond donors (Lipinski definition) is 1. The van der Waals surface area contributed by atoms with Crippen molar-refractivity contribution in [3.05, 3.63) is 23.9 Å². The number of likely N-dealkylation sites (N-methyl/N-ethyl adjacent to an activating group) is 1. The number of aromatic nitrogens is 1. The Bertz CT molecular complexity index is 422. The van der Waals surface area contributed by atoms with E-state index >= 15 is 0 Å². The van der Waals surface area contributed by atoms with Gasteiger partial charge in [0.05, 0.1) is 5.56 Å². The standard InChI is InChI=1S/C11H14N4O/c1-8(11(16)15(2)3)14-10-9(7-12)5-4-6-13-10/h4-6,8H,1-3H3,(H,13,14)/t8-/m0/s1. The summed E-state index contributed by atoms with van der Waals surface area (Å²) in [7, 11) is 3.37. The van der Waals surface area contributed by atoms with Gasteiger partial charge in [0.1, 0.15) is 17.9 Å². The first kappa shape index (κ1) is 12.0. The number of anilines is 1. The zero-order chi connectivity index (χ0) is 12.1. The van der Waals surface area contributed by atoms with Crippen LogP contribution in [-0.2, 0) is 4.79 Å². The highest BCUT2D eigenvalue weighted by Crippen LogP contribution is 2.11. The van der Waals surface area contributed by atoms with Crippen LogP contribution in [0.4, 0.5) is 5.82 Å². The first-order valence-corrected chi connectivity index (χ1v) is 4.89. The molecule has 0 aromatic carbocycles. The van der Waals surface area contributed by atoms with Gasteiger partial charge in [0.2, 0.25) is 5.91 Å². The van der Waals surface area contributed by atoms with Crippen molar-refractivity contribution >= 4 is 11.7 Å². The fraction of sp³-hybridized carbons (Fsp3) is 0.364. The van der Waals surface area contributed by atoms with Crippen LogP contribution in [0.1, 0.15) is 12.5 Å². The minimum absolute atomic E-state index is 0.0606. The van der Waals surface area contributed by atoms with Crippen LogP contribution < -0.4 is 5.32 Å². The molecule has 1 heterocycles. The van der Waals surface area contributed by atoms with Gasteiger partial charge in [0.25, 0.3) is 0 Å². The van der Waals surface area contributed by atoms with E-state index in [0.717, 1.165) is 0 Å². The summed E-state index contributed by atoms with van der Waals surface area (Å²) in [5, 5.41) is 11.8. The van der Waals surface area contributed by atoms with Gasteiger partial charge < -0.3 is 10.2 Å². The van der Waals surface area contributed by atoms with E-state index in [2.05, 4.69) is 10.3 Å². The molecular formula is C11H14N4O. The maximum absolute atomic E-state index is 11.6. The number of amides is 1. The molecule has 1 aromatic rings. The van der Waals surface area contributed by atoms with Gasteiger partial charge in [-0.3, -0.25) is 4.79 Å². The van der Waals surface area contributed by atoms with Crippen LogP contribution in [0.25, 0.3) is 0 Å². The smallest absolute Gasteiger partial charge is 0.244 e. The molecule has 5 heteroatoms. The number of hydrogen-bond acceptors (Lipinski definition) is 4. The molecule has 0 fully saturated rings. The number of carbonyl (C=O) groups excluding carboxylic acids is 1. The van der Waals surface area contributed by atoms with Crippen molar-refractivity contribution in [2.75, 3.05) is 19.4 Å². The van der Waals surface area contributed by atoms with E-state index in [9.17, 15) is 4.79 Å². The van der Waals surface area contributed by atoms with Gasteiger partial charge in [0, 0.05) is 20.3 Å². The molecule has 0 saturated heterocycles. The van der Waals surface area contributed by atoms with E-state index < -0.39 is 6.04 Å². The molecule has 0 radical (unpaired) electrons. The average molecular weight is 218 g/mol. The van der Waals surface area contributed by atoms with Crippen LogP contribution in [0.5, 0.6) is 0 Å². The van der Waals surface area contributed by atoms with Gasteiger partial charge in [-0.15, -0.1) is 0 Å².